The highest BCUT2D eigenvalue weighted by atomic mass is 15.1. The van der Waals surface area contributed by atoms with Gasteiger partial charge >= 0.3 is 0 Å². The molecule has 10 aromatic rings. The van der Waals surface area contributed by atoms with Crippen LogP contribution in [0.3, 0.4) is 0 Å². The third-order valence-electron chi connectivity index (χ3n) is 13.6. The van der Waals surface area contributed by atoms with Crippen LogP contribution in [0.1, 0.15) is 29.2 Å². The lowest BCUT2D eigenvalue weighted by Gasteiger charge is -2.33. The summed E-state index contributed by atoms with van der Waals surface area (Å²) in [7, 11) is 0. The summed E-state index contributed by atoms with van der Waals surface area (Å²) >= 11 is 0. The molecule has 0 fully saturated rings. The summed E-state index contributed by atoms with van der Waals surface area (Å²) in [6.07, 6.45) is 6.55. The summed E-state index contributed by atoms with van der Waals surface area (Å²) in [5.41, 5.74) is 17.7. The second-order valence-corrected chi connectivity index (χ2v) is 16.7. The van der Waals surface area contributed by atoms with E-state index >= 15 is 0 Å². The molecular weight excluding hydrogens is 759 g/mol. The lowest BCUT2D eigenvalue weighted by molar-refractivity contribution is 0.786. The van der Waals surface area contributed by atoms with Gasteiger partial charge in [-0.1, -0.05) is 195 Å². The number of benzene rings is 10. The molecule has 0 saturated carbocycles. The van der Waals surface area contributed by atoms with Gasteiger partial charge in [0.05, 0.1) is 5.41 Å². The molecule has 0 amide bonds. The fourth-order valence-corrected chi connectivity index (χ4v) is 10.9. The van der Waals surface area contributed by atoms with Crippen molar-refractivity contribution in [3.8, 4) is 33.4 Å². The minimum absolute atomic E-state index is 0.493. The third-order valence-corrected chi connectivity index (χ3v) is 13.6. The molecule has 63 heavy (non-hydrogen) atoms. The first-order valence-electron chi connectivity index (χ1n) is 21.9. The van der Waals surface area contributed by atoms with Gasteiger partial charge in [-0.05, 0) is 148 Å². The zero-order chi connectivity index (χ0) is 42.1. The Balaban J connectivity index is 1.03. The topological polar surface area (TPSA) is 3.24 Å². The second-order valence-electron chi connectivity index (χ2n) is 16.7. The van der Waals surface area contributed by atoms with Crippen molar-refractivity contribution < 1.29 is 0 Å². The molecule has 2 aliphatic rings. The lowest BCUT2D eigenvalue weighted by atomic mass is 9.69. The smallest absolute Gasteiger partial charge is 0.0726 e. The Morgan fingerprint density at radius 3 is 1.41 bits per heavy atom. The molecule has 0 atom stereocenters. The maximum Gasteiger partial charge on any atom is 0.0726 e. The average Bonchev–Trinajstić information content (AvgIpc) is 3.81. The fraction of sp³-hybridized carbons (Fsp3) is 0.0323. The Hall–Kier alpha value is -8.00. The van der Waals surface area contributed by atoms with Crippen molar-refractivity contribution in [3.63, 3.8) is 0 Å². The van der Waals surface area contributed by atoms with Crippen molar-refractivity contribution in [2.75, 3.05) is 4.90 Å². The first-order valence-corrected chi connectivity index (χ1v) is 21.9. The monoisotopic (exact) mass is 801 g/mol. The molecule has 0 heterocycles. The second kappa shape index (κ2) is 14.6. The lowest BCUT2D eigenvalue weighted by Crippen LogP contribution is -2.27. The predicted octanol–water partition coefficient (Wildman–Crippen LogP) is 16.8. The van der Waals surface area contributed by atoms with Crippen LogP contribution in [0.2, 0.25) is 0 Å². The molecule has 0 aliphatic heterocycles. The molecule has 0 N–H and O–H groups in total. The largest absolute Gasteiger partial charge is 0.310 e. The van der Waals surface area contributed by atoms with Crippen LogP contribution in [-0.2, 0) is 5.41 Å². The van der Waals surface area contributed by atoms with Gasteiger partial charge in [0.2, 0.25) is 0 Å². The van der Waals surface area contributed by atoms with Crippen LogP contribution in [0.25, 0.3) is 71.3 Å². The molecule has 1 nitrogen and oxygen atoms in total. The van der Waals surface area contributed by atoms with Gasteiger partial charge in [-0.15, -0.1) is 0 Å². The number of anilines is 3. The van der Waals surface area contributed by atoms with Gasteiger partial charge in [0.15, 0.2) is 0 Å². The van der Waals surface area contributed by atoms with Crippen molar-refractivity contribution >= 4 is 55.0 Å². The Bertz CT molecular complexity index is 3430. The van der Waals surface area contributed by atoms with Gasteiger partial charge in [-0.25, -0.2) is 0 Å². The fourth-order valence-electron chi connectivity index (χ4n) is 10.9. The predicted molar refractivity (Wildman–Crippen MR) is 268 cm³/mol. The van der Waals surface area contributed by atoms with Crippen LogP contribution >= 0.6 is 0 Å². The number of nitrogens with zero attached hydrogens (tertiary/aromatic N) is 1. The average molecular weight is 802 g/mol. The quantitative estimate of drug-likeness (QED) is 0.145. The molecule has 0 saturated heterocycles. The van der Waals surface area contributed by atoms with Gasteiger partial charge in [-0.3, -0.25) is 0 Å². The molecule has 2 aliphatic carbocycles. The molecule has 0 unspecified atom stereocenters. The summed E-state index contributed by atoms with van der Waals surface area (Å²) in [5, 5.41) is 7.71. The highest BCUT2D eigenvalue weighted by Gasteiger charge is 2.51. The summed E-state index contributed by atoms with van der Waals surface area (Å²) in [6, 6.07) is 78.3. The summed E-state index contributed by atoms with van der Waals surface area (Å²) in [6.45, 7) is 6.52. The van der Waals surface area contributed by atoms with E-state index in [1.165, 1.54) is 99.1 Å². The molecule has 1 spiro atoms. The van der Waals surface area contributed by atoms with Crippen molar-refractivity contribution in [3.05, 3.63) is 265 Å². The van der Waals surface area contributed by atoms with Crippen LogP contribution in [0, 0.1) is 0 Å². The van der Waals surface area contributed by atoms with E-state index in [0.717, 1.165) is 17.1 Å². The van der Waals surface area contributed by atoms with E-state index in [0.29, 0.717) is 0 Å². The Morgan fingerprint density at radius 1 is 0.381 bits per heavy atom. The molecular formula is C62H43N. The molecule has 1 heteroatoms. The minimum atomic E-state index is -0.493. The van der Waals surface area contributed by atoms with Crippen LogP contribution in [0.15, 0.2) is 243 Å². The van der Waals surface area contributed by atoms with Crippen molar-refractivity contribution in [2.45, 2.75) is 12.3 Å². The summed E-state index contributed by atoms with van der Waals surface area (Å²) in [4.78, 5) is 2.42. The minimum Gasteiger partial charge on any atom is -0.310 e. The van der Waals surface area contributed by atoms with Gasteiger partial charge < -0.3 is 4.90 Å². The van der Waals surface area contributed by atoms with Crippen LogP contribution < -0.4 is 4.90 Å². The zero-order valence-corrected chi connectivity index (χ0v) is 35.1. The standard InChI is InChI=1S/C62H43N/c1-3-16-58-48(4-2)56-38-36-47(40-61(56)62(58)59-25-14-12-23-54(59)55-24-13-15-26-60(55)62)63(45-32-27-42(28-33-45)41-17-6-5-7-18-41)46-34-29-43(30-35-46)44-31-37-53-51-21-9-8-19-49(51)50-20-10-11-22-52(50)57(53)39-44/h3-40H,2H2,1H3/b16-3-. The number of rotatable bonds is 7. The number of hydrogen-bond acceptors (Lipinski definition) is 1. The van der Waals surface area contributed by atoms with Crippen molar-refractivity contribution in [2.24, 2.45) is 0 Å². The van der Waals surface area contributed by atoms with E-state index in [4.69, 9.17) is 0 Å². The molecule has 0 aromatic heterocycles. The van der Waals surface area contributed by atoms with E-state index in [2.05, 4.69) is 249 Å². The van der Waals surface area contributed by atoms with E-state index < -0.39 is 5.41 Å². The van der Waals surface area contributed by atoms with Gasteiger partial charge in [0.1, 0.15) is 0 Å². The van der Waals surface area contributed by atoms with E-state index in [1.807, 2.05) is 0 Å². The number of allylic oxidation sites excluding steroid dienone is 5. The van der Waals surface area contributed by atoms with Gasteiger partial charge in [0, 0.05) is 17.1 Å². The molecule has 296 valence electrons. The van der Waals surface area contributed by atoms with Crippen molar-refractivity contribution in [1.82, 2.24) is 0 Å². The normalized spacial score (nSPS) is 13.5. The van der Waals surface area contributed by atoms with Crippen molar-refractivity contribution in [1.29, 1.82) is 0 Å². The first kappa shape index (κ1) is 36.8. The summed E-state index contributed by atoms with van der Waals surface area (Å²) < 4.78 is 0. The highest BCUT2D eigenvalue weighted by Crippen LogP contribution is 2.63. The Kier molecular flexibility index (Phi) is 8.52. The zero-order valence-electron chi connectivity index (χ0n) is 35.1. The third kappa shape index (κ3) is 5.50. The first-order chi connectivity index (χ1) is 31.2. The molecule has 12 rings (SSSR count). The van der Waals surface area contributed by atoms with Crippen LogP contribution in [0.4, 0.5) is 17.1 Å². The maximum absolute atomic E-state index is 4.40. The van der Waals surface area contributed by atoms with E-state index in [-0.39, 0.29) is 0 Å². The Labute approximate surface area is 368 Å². The number of fused-ring (bicyclic) bond motifs is 13. The molecule has 0 radical (unpaired) electrons. The molecule has 0 bridgehead atoms. The Morgan fingerprint density at radius 2 is 0.841 bits per heavy atom. The maximum atomic E-state index is 4.40. The SMILES string of the molecule is C=CC1=C(/C=C\C)C2(c3cc(N(c4ccc(-c5ccccc5)cc4)c4ccc(-c5ccc6c7ccccc7c7ccccc7c6c5)cc4)ccc31)c1ccccc1-c1ccccc12. The van der Waals surface area contributed by atoms with Gasteiger partial charge in [-0.2, -0.15) is 0 Å². The van der Waals surface area contributed by atoms with Gasteiger partial charge in [0.25, 0.3) is 0 Å². The van der Waals surface area contributed by atoms with E-state index in [9.17, 15) is 0 Å². The van der Waals surface area contributed by atoms with Crippen LogP contribution in [0.5, 0.6) is 0 Å². The highest BCUT2D eigenvalue weighted by molar-refractivity contribution is 6.25. The van der Waals surface area contributed by atoms with Crippen LogP contribution in [-0.4, -0.2) is 0 Å². The van der Waals surface area contributed by atoms with E-state index in [1.54, 1.807) is 0 Å². The molecule has 10 aromatic carbocycles. The number of hydrogen-bond donors (Lipinski definition) is 0. The summed E-state index contributed by atoms with van der Waals surface area (Å²) in [5.74, 6) is 0.